The predicted molar refractivity (Wildman–Crippen MR) is 77.0 cm³/mol. The summed E-state index contributed by atoms with van der Waals surface area (Å²) in [5.74, 6) is -0.286. The molecule has 3 heterocycles. The summed E-state index contributed by atoms with van der Waals surface area (Å²) in [6, 6.07) is 0.866. The van der Waals surface area contributed by atoms with Gasteiger partial charge in [0, 0.05) is 19.4 Å². The number of carbonyl (C=O) groups excluding carboxylic acids is 1. The van der Waals surface area contributed by atoms with Gasteiger partial charge in [0.05, 0.1) is 11.8 Å². The quantitative estimate of drug-likeness (QED) is 0.924. The molecule has 3 rings (SSSR count). The van der Waals surface area contributed by atoms with E-state index in [9.17, 15) is 9.18 Å². The zero-order chi connectivity index (χ0) is 16.2. The molecule has 1 N–H and O–H groups in total. The molecule has 2 aromatic rings. The van der Waals surface area contributed by atoms with Gasteiger partial charge in [0.2, 0.25) is 5.89 Å². The third-order valence-corrected chi connectivity index (χ3v) is 3.85. The van der Waals surface area contributed by atoms with Crippen molar-refractivity contribution in [3.8, 4) is 0 Å². The van der Waals surface area contributed by atoms with Crippen molar-refractivity contribution in [1.29, 1.82) is 0 Å². The molecule has 1 amide bonds. The van der Waals surface area contributed by atoms with Crippen molar-refractivity contribution in [2.24, 2.45) is 5.92 Å². The number of aromatic nitrogens is 3. The van der Waals surface area contributed by atoms with Gasteiger partial charge in [-0.05, 0) is 31.7 Å². The number of aryl methyl sites for hydroxylation is 1. The highest BCUT2D eigenvalue weighted by atomic mass is 19.1. The summed E-state index contributed by atoms with van der Waals surface area (Å²) in [5.41, 5.74) is -0.0618. The highest BCUT2D eigenvalue weighted by Gasteiger charge is 2.31. The van der Waals surface area contributed by atoms with Crippen LogP contribution in [-0.4, -0.2) is 34.2 Å². The van der Waals surface area contributed by atoms with Crippen molar-refractivity contribution >= 4 is 5.91 Å². The number of ether oxygens (including phenoxy) is 1. The number of pyridine rings is 1. The van der Waals surface area contributed by atoms with Gasteiger partial charge in [0.25, 0.3) is 5.91 Å². The fraction of sp³-hybridized carbons (Fsp3) is 0.467. The molecule has 1 saturated heterocycles. The number of hydrogen-bond donors (Lipinski definition) is 1. The molecule has 0 spiro atoms. The Labute approximate surface area is 132 Å². The van der Waals surface area contributed by atoms with Crippen molar-refractivity contribution in [3.05, 3.63) is 41.6 Å². The van der Waals surface area contributed by atoms with Crippen molar-refractivity contribution in [2.45, 2.75) is 25.8 Å². The molecule has 0 radical (unpaired) electrons. The lowest BCUT2D eigenvalue weighted by Gasteiger charge is -2.28. The third kappa shape index (κ3) is 3.53. The third-order valence-electron chi connectivity index (χ3n) is 3.85. The molecule has 1 fully saturated rings. The number of amides is 1. The molecule has 1 atom stereocenters. The highest BCUT2D eigenvalue weighted by molar-refractivity contribution is 5.94. The lowest BCUT2D eigenvalue weighted by Crippen LogP contribution is -2.36. The zero-order valence-corrected chi connectivity index (χ0v) is 12.7. The summed E-state index contributed by atoms with van der Waals surface area (Å²) in [4.78, 5) is 20.3. The van der Waals surface area contributed by atoms with Gasteiger partial charge in [-0.25, -0.2) is 4.39 Å². The van der Waals surface area contributed by atoms with Gasteiger partial charge in [0.15, 0.2) is 11.6 Å². The molecule has 2 aromatic heterocycles. The zero-order valence-electron chi connectivity index (χ0n) is 12.7. The number of rotatable bonds is 4. The van der Waals surface area contributed by atoms with Crippen LogP contribution in [0.5, 0.6) is 0 Å². The molecule has 0 bridgehead atoms. The molecule has 0 aliphatic carbocycles. The van der Waals surface area contributed by atoms with E-state index in [4.69, 9.17) is 9.26 Å². The number of nitrogens with one attached hydrogen (secondary N) is 1. The standard InChI is InChI=1S/C15H17FN4O3/c1-9-18-15(23-20-9)13(10-3-6-22-7-4-10)19-14(21)11-2-5-17-8-12(11)16/h2,5,8,10,13H,3-4,6-7H2,1H3,(H,19,21). The van der Waals surface area contributed by atoms with E-state index in [0.717, 1.165) is 19.0 Å². The van der Waals surface area contributed by atoms with Crippen LogP contribution in [0.1, 0.15) is 41.0 Å². The fourth-order valence-corrected chi connectivity index (χ4v) is 2.65. The molecule has 1 aliphatic rings. The molecule has 0 saturated carbocycles. The maximum Gasteiger partial charge on any atom is 0.255 e. The Morgan fingerprint density at radius 1 is 1.43 bits per heavy atom. The van der Waals surface area contributed by atoms with Gasteiger partial charge in [-0.1, -0.05) is 5.16 Å². The Morgan fingerprint density at radius 3 is 2.87 bits per heavy atom. The molecule has 8 heteroatoms. The second kappa shape index (κ2) is 6.82. The largest absolute Gasteiger partial charge is 0.381 e. The predicted octanol–water partition coefficient (Wildman–Crippen LogP) is 1.81. The molecular weight excluding hydrogens is 303 g/mol. The van der Waals surface area contributed by atoms with Gasteiger partial charge in [-0.15, -0.1) is 0 Å². The normalized spacial score (nSPS) is 17.0. The van der Waals surface area contributed by atoms with E-state index in [0.29, 0.717) is 24.9 Å². The van der Waals surface area contributed by atoms with Gasteiger partial charge in [0.1, 0.15) is 6.04 Å². The topological polar surface area (TPSA) is 90.1 Å². The van der Waals surface area contributed by atoms with Crippen molar-refractivity contribution in [1.82, 2.24) is 20.4 Å². The van der Waals surface area contributed by atoms with Gasteiger partial charge < -0.3 is 14.6 Å². The Bertz CT molecular complexity index is 685. The van der Waals surface area contributed by atoms with E-state index >= 15 is 0 Å². The van der Waals surface area contributed by atoms with Gasteiger partial charge >= 0.3 is 0 Å². The smallest absolute Gasteiger partial charge is 0.255 e. The van der Waals surface area contributed by atoms with Crippen LogP contribution in [0.15, 0.2) is 23.0 Å². The first-order valence-corrected chi connectivity index (χ1v) is 7.43. The summed E-state index contributed by atoms with van der Waals surface area (Å²) in [6.07, 6.45) is 3.89. The fourth-order valence-electron chi connectivity index (χ4n) is 2.65. The van der Waals surface area contributed by atoms with Gasteiger partial charge in [-0.2, -0.15) is 4.98 Å². The Balaban J connectivity index is 1.83. The molecule has 1 aliphatic heterocycles. The van der Waals surface area contributed by atoms with Crippen LogP contribution >= 0.6 is 0 Å². The van der Waals surface area contributed by atoms with Crippen LogP contribution in [0.25, 0.3) is 0 Å². The summed E-state index contributed by atoms with van der Waals surface area (Å²) in [7, 11) is 0. The minimum absolute atomic E-state index is 0.0618. The van der Waals surface area contributed by atoms with E-state index < -0.39 is 17.8 Å². The maximum absolute atomic E-state index is 13.7. The van der Waals surface area contributed by atoms with E-state index in [2.05, 4.69) is 20.4 Å². The highest BCUT2D eigenvalue weighted by Crippen LogP contribution is 2.29. The molecule has 0 aromatic carbocycles. The first kappa shape index (κ1) is 15.5. The summed E-state index contributed by atoms with van der Waals surface area (Å²) < 4.78 is 24.3. The average Bonchev–Trinajstić information content (AvgIpc) is 3.00. The molecule has 7 nitrogen and oxygen atoms in total. The Morgan fingerprint density at radius 2 is 2.22 bits per heavy atom. The maximum atomic E-state index is 13.7. The second-order valence-electron chi connectivity index (χ2n) is 5.44. The molecule has 122 valence electrons. The number of nitrogens with zero attached hydrogens (tertiary/aromatic N) is 3. The summed E-state index contributed by atoms with van der Waals surface area (Å²) >= 11 is 0. The molecular formula is C15H17FN4O3. The van der Waals surface area contributed by atoms with Crippen LogP contribution in [0.3, 0.4) is 0 Å². The number of carbonyl (C=O) groups is 1. The number of halogens is 1. The SMILES string of the molecule is Cc1noc(C(NC(=O)c2ccncc2F)C2CCOCC2)n1. The van der Waals surface area contributed by atoms with E-state index in [1.807, 2.05) is 0 Å². The van der Waals surface area contributed by atoms with Crippen LogP contribution < -0.4 is 5.32 Å². The first-order chi connectivity index (χ1) is 11.1. The van der Waals surface area contributed by atoms with E-state index in [1.165, 1.54) is 12.3 Å². The Kier molecular flexibility index (Phi) is 4.61. The lowest BCUT2D eigenvalue weighted by molar-refractivity contribution is 0.0467. The van der Waals surface area contributed by atoms with Crippen LogP contribution in [0, 0.1) is 18.7 Å². The second-order valence-corrected chi connectivity index (χ2v) is 5.44. The number of hydrogen-bond acceptors (Lipinski definition) is 6. The van der Waals surface area contributed by atoms with Crippen LogP contribution in [-0.2, 0) is 4.74 Å². The first-order valence-electron chi connectivity index (χ1n) is 7.43. The minimum Gasteiger partial charge on any atom is -0.381 e. The van der Waals surface area contributed by atoms with Crippen molar-refractivity contribution < 1.29 is 18.4 Å². The summed E-state index contributed by atoms with van der Waals surface area (Å²) in [5, 5.41) is 6.59. The molecule has 1 unspecified atom stereocenters. The van der Waals surface area contributed by atoms with Gasteiger partial charge in [-0.3, -0.25) is 9.78 Å². The average molecular weight is 320 g/mol. The van der Waals surface area contributed by atoms with Crippen LogP contribution in [0.2, 0.25) is 0 Å². The monoisotopic (exact) mass is 320 g/mol. The van der Waals surface area contributed by atoms with Crippen molar-refractivity contribution in [3.63, 3.8) is 0 Å². The van der Waals surface area contributed by atoms with E-state index in [-0.39, 0.29) is 11.5 Å². The molecule has 23 heavy (non-hydrogen) atoms. The van der Waals surface area contributed by atoms with E-state index in [1.54, 1.807) is 6.92 Å². The summed E-state index contributed by atoms with van der Waals surface area (Å²) in [6.45, 7) is 2.92. The van der Waals surface area contributed by atoms with Crippen molar-refractivity contribution in [2.75, 3.05) is 13.2 Å². The Hall–Kier alpha value is -2.35. The minimum atomic E-state index is -0.669. The lowest BCUT2D eigenvalue weighted by atomic mass is 9.91. The van der Waals surface area contributed by atoms with Crippen LogP contribution in [0.4, 0.5) is 4.39 Å².